The van der Waals surface area contributed by atoms with Gasteiger partial charge in [0, 0.05) is 24.8 Å². The first-order valence-electron chi connectivity index (χ1n) is 10.7. The van der Waals surface area contributed by atoms with Crippen LogP contribution in [0.3, 0.4) is 0 Å². The van der Waals surface area contributed by atoms with Gasteiger partial charge in [0.1, 0.15) is 18.2 Å². The summed E-state index contributed by atoms with van der Waals surface area (Å²) < 4.78 is 8.33. The zero-order valence-electron chi connectivity index (χ0n) is 17.6. The van der Waals surface area contributed by atoms with E-state index in [1.807, 2.05) is 60.6 Å². The number of fused-ring (bicyclic) bond motifs is 1. The zero-order chi connectivity index (χ0) is 21.0. The Morgan fingerprint density at radius 3 is 2.58 bits per heavy atom. The van der Waals surface area contributed by atoms with E-state index in [1.54, 1.807) is 0 Å². The molecule has 1 aliphatic heterocycles. The van der Waals surface area contributed by atoms with Crippen LogP contribution in [0, 0.1) is 0 Å². The van der Waals surface area contributed by atoms with Gasteiger partial charge in [-0.1, -0.05) is 42.3 Å². The van der Waals surface area contributed by atoms with Crippen molar-refractivity contribution in [3.63, 3.8) is 0 Å². The van der Waals surface area contributed by atoms with E-state index in [1.165, 1.54) is 18.4 Å². The third-order valence-electron chi connectivity index (χ3n) is 5.92. The lowest BCUT2D eigenvalue weighted by Gasteiger charge is -2.30. The van der Waals surface area contributed by atoms with Crippen LogP contribution < -0.4 is 4.74 Å². The lowest BCUT2D eigenvalue weighted by molar-refractivity contribution is 0.306. The first kappa shape index (κ1) is 20.1. The van der Waals surface area contributed by atoms with Gasteiger partial charge in [-0.15, -0.1) is 0 Å². The molecule has 0 spiro atoms. The Balaban J connectivity index is 1.29. The summed E-state index contributed by atoms with van der Waals surface area (Å²) in [6, 6.07) is 20.5. The maximum atomic E-state index is 5.89. The zero-order valence-corrected chi connectivity index (χ0v) is 18.4. The molecule has 0 saturated carbocycles. The summed E-state index contributed by atoms with van der Waals surface area (Å²) >= 11 is 1.84. The SMILES string of the molecule is CSN1CCC(c2cnc3nc(-c4ccc(OCc5ccccc5)cc4)[nH]c3c2)CC1. The van der Waals surface area contributed by atoms with Crippen LogP contribution >= 0.6 is 11.9 Å². The summed E-state index contributed by atoms with van der Waals surface area (Å²) in [4.78, 5) is 12.8. The Labute approximate surface area is 187 Å². The van der Waals surface area contributed by atoms with Crippen molar-refractivity contribution in [3.8, 4) is 17.1 Å². The number of imidazole rings is 1. The molecule has 31 heavy (non-hydrogen) atoms. The highest BCUT2D eigenvalue weighted by molar-refractivity contribution is 7.96. The molecule has 1 saturated heterocycles. The lowest BCUT2D eigenvalue weighted by atomic mass is 9.91. The quantitative estimate of drug-likeness (QED) is 0.400. The number of aromatic nitrogens is 3. The topological polar surface area (TPSA) is 54.0 Å². The molecule has 6 heteroatoms. The van der Waals surface area contributed by atoms with E-state index >= 15 is 0 Å². The molecular formula is C25H26N4OS. The van der Waals surface area contributed by atoms with Gasteiger partial charge in [0.15, 0.2) is 5.65 Å². The minimum atomic E-state index is 0.563. The molecule has 2 aromatic heterocycles. The fraction of sp³-hybridized carbons (Fsp3) is 0.280. The Hall–Kier alpha value is -2.83. The third kappa shape index (κ3) is 4.60. The van der Waals surface area contributed by atoms with E-state index in [0.29, 0.717) is 12.5 Å². The van der Waals surface area contributed by atoms with Gasteiger partial charge >= 0.3 is 0 Å². The number of pyridine rings is 1. The van der Waals surface area contributed by atoms with Gasteiger partial charge < -0.3 is 9.72 Å². The molecule has 0 aliphatic carbocycles. The second-order valence-corrected chi connectivity index (χ2v) is 8.79. The molecule has 0 unspecified atom stereocenters. The van der Waals surface area contributed by atoms with E-state index in [9.17, 15) is 0 Å². The number of ether oxygens (including phenoxy) is 1. The first-order chi connectivity index (χ1) is 15.3. The molecule has 1 aliphatic rings. The van der Waals surface area contributed by atoms with Crippen LogP contribution in [0.4, 0.5) is 0 Å². The number of rotatable bonds is 6. The predicted molar refractivity (Wildman–Crippen MR) is 127 cm³/mol. The maximum absolute atomic E-state index is 5.89. The van der Waals surface area contributed by atoms with Crippen molar-refractivity contribution < 1.29 is 4.74 Å². The van der Waals surface area contributed by atoms with Crippen molar-refractivity contribution in [2.75, 3.05) is 19.3 Å². The standard InChI is InChI=1S/C25H26N4OS/c1-31-29-13-11-19(12-14-29)21-15-23-25(26-16-21)28-24(27-23)20-7-9-22(10-8-20)30-17-18-5-3-2-4-6-18/h2-10,15-16,19H,11-14,17H2,1H3,(H,26,27,28). The largest absolute Gasteiger partial charge is 0.489 e. The predicted octanol–water partition coefficient (Wildman–Crippen LogP) is 5.66. The summed E-state index contributed by atoms with van der Waals surface area (Å²) in [5.41, 5.74) is 5.27. The van der Waals surface area contributed by atoms with Crippen LogP contribution in [0.25, 0.3) is 22.6 Å². The highest BCUT2D eigenvalue weighted by atomic mass is 32.2. The maximum Gasteiger partial charge on any atom is 0.178 e. The normalized spacial score (nSPS) is 15.4. The molecule has 0 radical (unpaired) electrons. The van der Waals surface area contributed by atoms with Gasteiger partial charge in [-0.05, 0) is 66.5 Å². The monoisotopic (exact) mass is 430 g/mol. The van der Waals surface area contributed by atoms with Crippen LogP contribution in [0.5, 0.6) is 5.75 Å². The van der Waals surface area contributed by atoms with Gasteiger partial charge in [-0.3, -0.25) is 4.31 Å². The number of benzene rings is 2. The van der Waals surface area contributed by atoms with Crippen molar-refractivity contribution in [2.45, 2.75) is 25.4 Å². The Kier molecular flexibility index (Phi) is 5.91. The summed E-state index contributed by atoms with van der Waals surface area (Å²) in [6.07, 6.45) is 6.52. The van der Waals surface area contributed by atoms with E-state index in [-0.39, 0.29) is 0 Å². The Morgan fingerprint density at radius 2 is 1.84 bits per heavy atom. The molecule has 5 rings (SSSR count). The highest BCUT2D eigenvalue weighted by Crippen LogP contribution is 2.31. The smallest absolute Gasteiger partial charge is 0.178 e. The summed E-state index contributed by atoms with van der Waals surface area (Å²) in [6.45, 7) is 2.83. The van der Waals surface area contributed by atoms with E-state index in [4.69, 9.17) is 9.72 Å². The fourth-order valence-corrected chi connectivity index (χ4v) is 4.67. The van der Waals surface area contributed by atoms with Gasteiger partial charge in [-0.25, -0.2) is 9.97 Å². The van der Waals surface area contributed by atoms with Crippen LogP contribution in [0.15, 0.2) is 66.9 Å². The molecule has 158 valence electrons. The van der Waals surface area contributed by atoms with E-state index < -0.39 is 0 Å². The number of nitrogens with one attached hydrogen (secondary N) is 1. The second-order valence-electron chi connectivity index (χ2n) is 7.91. The van der Waals surface area contributed by atoms with Gasteiger partial charge in [0.2, 0.25) is 0 Å². The number of hydrogen-bond donors (Lipinski definition) is 1. The van der Waals surface area contributed by atoms with Crippen LogP contribution in [0.1, 0.15) is 29.9 Å². The molecule has 1 fully saturated rings. The van der Waals surface area contributed by atoms with Crippen molar-refractivity contribution in [1.29, 1.82) is 0 Å². The summed E-state index contributed by atoms with van der Waals surface area (Å²) in [5.74, 6) is 2.26. The number of nitrogens with zero attached hydrogens (tertiary/aromatic N) is 3. The number of piperidine rings is 1. The molecule has 3 heterocycles. The minimum Gasteiger partial charge on any atom is -0.489 e. The number of hydrogen-bond acceptors (Lipinski definition) is 5. The van der Waals surface area contributed by atoms with E-state index in [0.717, 1.165) is 47.0 Å². The van der Waals surface area contributed by atoms with Crippen LogP contribution in [-0.4, -0.2) is 38.6 Å². The van der Waals surface area contributed by atoms with Gasteiger partial charge in [-0.2, -0.15) is 0 Å². The fourth-order valence-electron chi connectivity index (χ4n) is 4.10. The number of H-pyrrole nitrogens is 1. The number of aromatic amines is 1. The van der Waals surface area contributed by atoms with E-state index in [2.05, 4.69) is 38.7 Å². The van der Waals surface area contributed by atoms with Crippen molar-refractivity contribution in [1.82, 2.24) is 19.3 Å². The molecule has 5 nitrogen and oxygen atoms in total. The van der Waals surface area contributed by atoms with Crippen LogP contribution in [-0.2, 0) is 6.61 Å². The molecular weight excluding hydrogens is 404 g/mol. The Bertz CT molecular complexity index is 1140. The van der Waals surface area contributed by atoms with Crippen LogP contribution in [0.2, 0.25) is 0 Å². The first-order valence-corrected chi connectivity index (χ1v) is 11.9. The molecule has 2 aromatic carbocycles. The highest BCUT2D eigenvalue weighted by Gasteiger charge is 2.21. The molecule has 0 bridgehead atoms. The summed E-state index contributed by atoms with van der Waals surface area (Å²) in [7, 11) is 0. The third-order valence-corrected chi connectivity index (χ3v) is 6.80. The minimum absolute atomic E-state index is 0.563. The van der Waals surface area contributed by atoms with Crippen molar-refractivity contribution in [2.24, 2.45) is 0 Å². The molecule has 0 atom stereocenters. The average Bonchev–Trinajstić information content (AvgIpc) is 3.27. The summed E-state index contributed by atoms with van der Waals surface area (Å²) in [5, 5.41) is 0. The van der Waals surface area contributed by atoms with Crippen molar-refractivity contribution in [3.05, 3.63) is 78.0 Å². The second kappa shape index (κ2) is 9.12. The Morgan fingerprint density at radius 1 is 1.06 bits per heavy atom. The van der Waals surface area contributed by atoms with Crippen molar-refractivity contribution >= 4 is 23.1 Å². The molecule has 1 N–H and O–H groups in total. The molecule has 0 amide bonds. The average molecular weight is 431 g/mol. The van der Waals surface area contributed by atoms with Gasteiger partial charge in [0.05, 0.1) is 5.52 Å². The lowest BCUT2D eigenvalue weighted by Crippen LogP contribution is -2.27. The molecule has 4 aromatic rings. The van der Waals surface area contributed by atoms with Gasteiger partial charge in [0.25, 0.3) is 0 Å².